The Morgan fingerprint density at radius 2 is 2.50 bits per heavy atom. The van der Waals surface area contributed by atoms with Crippen LogP contribution in [0.3, 0.4) is 0 Å². The lowest BCUT2D eigenvalue weighted by atomic mass is 10.3. The zero-order chi connectivity index (χ0) is 8.97. The lowest BCUT2D eigenvalue weighted by molar-refractivity contribution is 0.216. The van der Waals surface area contributed by atoms with Gasteiger partial charge < -0.3 is 10.6 Å². The summed E-state index contributed by atoms with van der Waals surface area (Å²) in [4.78, 5) is 16.0. The van der Waals surface area contributed by atoms with Crippen molar-refractivity contribution in [3.8, 4) is 0 Å². The van der Waals surface area contributed by atoms with Crippen LogP contribution in [0.1, 0.15) is 5.56 Å². The van der Waals surface area contributed by atoms with E-state index in [2.05, 4.69) is 4.98 Å². The maximum Gasteiger partial charge on any atom is 0.314 e. The van der Waals surface area contributed by atoms with Gasteiger partial charge in [0, 0.05) is 26.0 Å². The Hall–Kier alpha value is -1.58. The number of hydrogen-bond acceptors (Lipinski definition) is 2. The summed E-state index contributed by atoms with van der Waals surface area (Å²) in [6.07, 6.45) is 3.40. The molecular weight excluding hydrogens is 154 g/mol. The first-order chi connectivity index (χ1) is 5.70. The van der Waals surface area contributed by atoms with Crippen molar-refractivity contribution in [1.29, 1.82) is 0 Å². The highest BCUT2D eigenvalue weighted by Gasteiger charge is 2.02. The van der Waals surface area contributed by atoms with E-state index in [0.717, 1.165) is 5.56 Å². The van der Waals surface area contributed by atoms with Crippen molar-refractivity contribution in [3.63, 3.8) is 0 Å². The summed E-state index contributed by atoms with van der Waals surface area (Å²) in [5, 5.41) is 0. The quantitative estimate of drug-likeness (QED) is 0.697. The molecule has 0 aliphatic rings. The lowest BCUT2D eigenvalue weighted by Crippen LogP contribution is -2.31. The monoisotopic (exact) mass is 165 g/mol. The molecule has 4 nitrogen and oxygen atoms in total. The smallest absolute Gasteiger partial charge is 0.314 e. The third-order valence-corrected chi connectivity index (χ3v) is 1.52. The Morgan fingerprint density at radius 3 is 3.00 bits per heavy atom. The van der Waals surface area contributed by atoms with Gasteiger partial charge in [0.25, 0.3) is 0 Å². The first-order valence-corrected chi connectivity index (χ1v) is 3.59. The van der Waals surface area contributed by atoms with E-state index in [4.69, 9.17) is 5.73 Å². The number of pyridine rings is 1. The van der Waals surface area contributed by atoms with Crippen molar-refractivity contribution in [3.05, 3.63) is 30.1 Å². The van der Waals surface area contributed by atoms with E-state index in [1.807, 2.05) is 12.1 Å². The van der Waals surface area contributed by atoms with Crippen LogP contribution in [-0.2, 0) is 6.54 Å². The Labute approximate surface area is 71.0 Å². The fraction of sp³-hybridized carbons (Fsp3) is 0.250. The molecule has 2 amide bonds. The minimum Gasteiger partial charge on any atom is -0.351 e. The summed E-state index contributed by atoms with van der Waals surface area (Å²) in [6.45, 7) is 0.503. The second-order valence-electron chi connectivity index (χ2n) is 2.56. The van der Waals surface area contributed by atoms with E-state index in [1.165, 1.54) is 4.90 Å². The van der Waals surface area contributed by atoms with Crippen molar-refractivity contribution in [1.82, 2.24) is 9.88 Å². The van der Waals surface area contributed by atoms with E-state index < -0.39 is 6.03 Å². The minimum atomic E-state index is -0.432. The number of urea groups is 1. The summed E-state index contributed by atoms with van der Waals surface area (Å²) in [5.74, 6) is 0. The number of amides is 2. The second-order valence-corrected chi connectivity index (χ2v) is 2.56. The Kier molecular flexibility index (Phi) is 2.63. The first kappa shape index (κ1) is 8.52. The number of hydrogen-bond donors (Lipinski definition) is 1. The largest absolute Gasteiger partial charge is 0.351 e. The molecule has 12 heavy (non-hydrogen) atoms. The molecule has 0 radical (unpaired) electrons. The van der Waals surface area contributed by atoms with Crippen LogP contribution in [0.15, 0.2) is 24.5 Å². The molecule has 1 heterocycles. The van der Waals surface area contributed by atoms with Gasteiger partial charge in [-0.2, -0.15) is 0 Å². The number of primary amides is 1. The molecule has 0 saturated heterocycles. The molecule has 4 heteroatoms. The number of carbonyl (C=O) groups is 1. The van der Waals surface area contributed by atoms with Gasteiger partial charge in [0.05, 0.1) is 0 Å². The van der Waals surface area contributed by atoms with Crippen molar-refractivity contribution in [2.45, 2.75) is 6.54 Å². The normalized spacial score (nSPS) is 9.42. The summed E-state index contributed by atoms with van der Waals surface area (Å²) in [5.41, 5.74) is 6.02. The van der Waals surface area contributed by atoms with Crippen molar-refractivity contribution >= 4 is 6.03 Å². The zero-order valence-electron chi connectivity index (χ0n) is 6.90. The van der Waals surface area contributed by atoms with Gasteiger partial charge in [-0.1, -0.05) is 6.07 Å². The standard InChI is InChI=1S/C8H11N3O/c1-11(8(9)12)6-7-3-2-4-10-5-7/h2-5H,6H2,1H3,(H2,9,12). The van der Waals surface area contributed by atoms with Crippen LogP contribution in [0, 0.1) is 0 Å². The molecule has 1 aromatic rings. The fourth-order valence-corrected chi connectivity index (χ4v) is 0.843. The van der Waals surface area contributed by atoms with E-state index >= 15 is 0 Å². The number of aromatic nitrogens is 1. The van der Waals surface area contributed by atoms with E-state index in [-0.39, 0.29) is 0 Å². The highest BCUT2D eigenvalue weighted by molar-refractivity contribution is 5.71. The summed E-state index contributed by atoms with van der Waals surface area (Å²) in [6, 6.07) is 3.29. The van der Waals surface area contributed by atoms with E-state index in [9.17, 15) is 4.79 Å². The molecule has 1 rings (SSSR count). The third kappa shape index (κ3) is 2.23. The maximum absolute atomic E-state index is 10.6. The summed E-state index contributed by atoms with van der Waals surface area (Å²) < 4.78 is 0. The highest BCUT2D eigenvalue weighted by Crippen LogP contribution is 1.99. The molecule has 0 aromatic carbocycles. The van der Waals surface area contributed by atoms with Crippen LogP contribution in [-0.4, -0.2) is 23.0 Å². The third-order valence-electron chi connectivity index (χ3n) is 1.52. The Balaban J connectivity index is 2.58. The molecule has 0 bridgehead atoms. The Bertz CT molecular complexity index is 260. The van der Waals surface area contributed by atoms with Crippen LogP contribution in [0.4, 0.5) is 4.79 Å². The number of nitrogens with two attached hydrogens (primary N) is 1. The number of nitrogens with zero attached hydrogens (tertiary/aromatic N) is 2. The SMILES string of the molecule is CN(Cc1cccnc1)C(N)=O. The average molecular weight is 165 g/mol. The van der Waals surface area contributed by atoms with Crippen LogP contribution < -0.4 is 5.73 Å². The van der Waals surface area contributed by atoms with Gasteiger partial charge in [0.1, 0.15) is 0 Å². The molecule has 0 aliphatic heterocycles. The molecule has 0 unspecified atom stereocenters. The molecule has 2 N–H and O–H groups in total. The highest BCUT2D eigenvalue weighted by atomic mass is 16.2. The Morgan fingerprint density at radius 1 is 1.75 bits per heavy atom. The molecule has 0 fully saturated rings. The van der Waals surface area contributed by atoms with Crippen LogP contribution in [0.25, 0.3) is 0 Å². The fourth-order valence-electron chi connectivity index (χ4n) is 0.843. The average Bonchev–Trinajstić information content (AvgIpc) is 2.06. The molecule has 0 aliphatic carbocycles. The number of carbonyl (C=O) groups excluding carboxylic acids is 1. The first-order valence-electron chi connectivity index (χ1n) is 3.59. The van der Waals surface area contributed by atoms with Gasteiger partial charge >= 0.3 is 6.03 Å². The summed E-state index contributed by atoms with van der Waals surface area (Å²) >= 11 is 0. The minimum absolute atomic E-state index is 0.432. The maximum atomic E-state index is 10.6. The molecule has 64 valence electrons. The predicted molar refractivity (Wildman–Crippen MR) is 45.3 cm³/mol. The van der Waals surface area contributed by atoms with Gasteiger partial charge in [0.2, 0.25) is 0 Å². The van der Waals surface area contributed by atoms with Gasteiger partial charge in [-0.05, 0) is 11.6 Å². The number of rotatable bonds is 2. The van der Waals surface area contributed by atoms with E-state index in [1.54, 1.807) is 19.4 Å². The predicted octanol–water partition coefficient (Wildman–Crippen LogP) is 0.592. The van der Waals surface area contributed by atoms with Gasteiger partial charge in [-0.3, -0.25) is 4.98 Å². The van der Waals surface area contributed by atoms with Gasteiger partial charge in [-0.15, -0.1) is 0 Å². The molecule has 0 saturated carbocycles. The van der Waals surface area contributed by atoms with Crippen LogP contribution >= 0.6 is 0 Å². The molecule has 0 atom stereocenters. The van der Waals surface area contributed by atoms with Crippen LogP contribution in [0.2, 0.25) is 0 Å². The van der Waals surface area contributed by atoms with Crippen molar-refractivity contribution < 1.29 is 4.79 Å². The molecule has 1 aromatic heterocycles. The second kappa shape index (κ2) is 3.71. The molecular formula is C8H11N3O. The topological polar surface area (TPSA) is 59.2 Å². The van der Waals surface area contributed by atoms with Crippen molar-refractivity contribution in [2.75, 3.05) is 7.05 Å². The van der Waals surface area contributed by atoms with Gasteiger partial charge in [0.15, 0.2) is 0 Å². The van der Waals surface area contributed by atoms with Crippen LogP contribution in [0.5, 0.6) is 0 Å². The summed E-state index contributed by atoms with van der Waals surface area (Å²) in [7, 11) is 1.65. The van der Waals surface area contributed by atoms with Crippen molar-refractivity contribution in [2.24, 2.45) is 5.73 Å². The lowest BCUT2D eigenvalue weighted by Gasteiger charge is -2.12. The molecule has 0 spiro atoms. The van der Waals surface area contributed by atoms with Gasteiger partial charge in [-0.25, -0.2) is 4.79 Å². The van der Waals surface area contributed by atoms with E-state index in [0.29, 0.717) is 6.54 Å². The zero-order valence-corrected chi connectivity index (χ0v) is 6.90.